The van der Waals surface area contributed by atoms with Crippen molar-refractivity contribution in [1.82, 2.24) is 0 Å². The number of nitrogen functional groups attached to an aromatic ring is 1. The molecule has 3 N–H and O–H groups in total. The molecule has 0 aromatic heterocycles. The van der Waals surface area contributed by atoms with E-state index < -0.39 is 5.97 Å². The van der Waals surface area contributed by atoms with Gasteiger partial charge in [-0.3, -0.25) is 4.79 Å². The number of ether oxygens (including phenoxy) is 1. The fraction of sp³-hybridized carbons (Fsp3) is 0.286. The summed E-state index contributed by atoms with van der Waals surface area (Å²) >= 11 is 0. The van der Waals surface area contributed by atoms with Crippen LogP contribution in [0.25, 0.3) is 6.08 Å². The molecule has 102 valence electrons. The molecule has 5 nitrogen and oxygen atoms in total. The molecule has 0 bridgehead atoms. The number of esters is 1. The maximum absolute atomic E-state index is 11.2. The highest BCUT2D eigenvalue weighted by Gasteiger charge is 2.05. The third-order valence-electron chi connectivity index (χ3n) is 2.49. The zero-order valence-corrected chi connectivity index (χ0v) is 10.8. The molecule has 0 saturated heterocycles. The van der Waals surface area contributed by atoms with Crippen LogP contribution in [-0.2, 0) is 20.7 Å². The van der Waals surface area contributed by atoms with Gasteiger partial charge in [-0.15, -0.1) is 0 Å². The van der Waals surface area contributed by atoms with Gasteiger partial charge >= 0.3 is 11.9 Å². The molecule has 0 fully saturated rings. The van der Waals surface area contributed by atoms with Crippen LogP contribution in [0.4, 0.5) is 5.69 Å². The lowest BCUT2D eigenvalue weighted by Crippen LogP contribution is -2.06. The number of carbonyl (C=O) groups is 2. The van der Waals surface area contributed by atoms with E-state index in [1.807, 2.05) is 0 Å². The summed E-state index contributed by atoms with van der Waals surface area (Å²) in [6, 6.07) is 5.23. The van der Waals surface area contributed by atoms with E-state index in [0.717, 1.165) is 11.6 Å². The van der Waals surface area contributed by atoms with E-state index in [9.17, 15) is 9.59 Å². The Hall–Kier alpha value is -2.30. The number of carboxylic acids is 1. The molecule has 1 aromatic rings. The average molecular weight is 263 g/mol. The summed E-state index contributed by atoms with van der Waals surface area (Å²) in [6.07, 6.45) is 3.30. The summed E-state index contributed by atoms with van der Waals surface area (Å²) < 4.78 is 4.84. The summed E-state index contributed by atoms with van der Waals surface area (Å²) in [5.41, 5.74) is 7.95. The highest BCUT2D eigenvalue weighted by molar-refractivity contribution is 5.85. The van der Waals surface area contributed by atoms with Crippen LogP contribution in [0.1, 0.15) is 24.5 Å². The first-order valence-corrected chi connectivity index (χ1v) is 5.98. The summed E-state index contributed by atoms with van der Waals surface area (Å²) in [5, 5.41) is 8.53. The normalized spacial score (nSPS) is 10.6. The third-order valence-corrected chi connectivity index (χ3v) is 2.49. The van der Waals surface area contributed by atoms with Crippen LogP contribution in [0.5, 0.6) is 0 Å². The molecule has 0 aliphatic carbocycles. The standard InChI is InChI=1S/C14H17NO4/c1-2-19-14(18)8-6-11-5-3-10(9-12(11)15)4-7-13(16)17/h3-5,7,9H,2,6,8,15H2,1H3,(H,16,17). The van der Waals surface area contributed by atoms with E-state index in [0.29, 0.717) is 24.3 Å². The lowest BCUT2D eigenvalue weighted by atomic mass is 10.0. The Morgan fingerprint density at radius 3 is 2.74 bits per heavy atom. The van der Waals surface area contributed by atoms with Gasteiger partial charge in [-0.2, -0.15) is 0 Å². The first kappa shape index (κ1) is 14.8. The number of carbonyl (C=O) groups excluding carboxylic acids is 1. The zero-order chi connectivity index (χ0) is 14.3. The van der Waals surface area contributed by atoms with Gasteiger partial charge in [0.1, 0.15) is 0 Å². The van der Waals surface area contributed by atoms with Crippen molar-refractivity contribution in [2.75, 3.05) is 12.3 Å². The SMILES string of the molecule is CCOC(=O)CCc1ccc(C=CC(=O)O)cc1N. The van der Waals surface area contributed by atoms with E-state index in [-0.39, 0.29) is 12.4 Å². The largest absolute Gasteiger partial charge is 0.478 e. The fourth-order valence-corrected chi connectivity index (χ4v) is 1.58. The van der Waals surface area contributed by atoms with Crippen LogP contribution in [-0.4, -0.2) is 23.7 Å². The Balaban J connectivity index is 2.67. The minimum atomic E-state index is -1.01. The molecule has 0 heterocycles. The second-order valence-electron chi connectivity index (χ2n) is 3.93. The topological polar surface area (TPSA) is 89.6 Å². The second kappa shape index (κ2) is 7.20. The van der Waals surface area contributed by atoms with Crippen LogP contribution in [0, 0.1) is 0 Å². The van der Waals surface area contributed by atoms with Gasteiger partial charge in [0.25, 0.3) is 0 Å². The molecule has 0 radical (unpaired) electrons. The van der Waals surface area contributed by atoms with Gasteiger partial charge in [0, 0.05) is 18.2 Å². The maximum Gasteiger partial charge on any atom is 0.328 e. The van der Waals surface area contributed by atoms with Crippen LogP contribution < -0.4 is 5.73 Å². The molecule has 0 saturated carbocycles. The maximum atomic E-state index is 11.2. The highest BCUT2D eigenvalue weighted by Crippen LogP contribution is 2.17. The van der Waals surface area contributed by atoms with E-state index in [4.69, 9.17) is 15.6 Å². The quantitative estimate of drug-likeness (QED) is 0.464. The molecular weight excluding hydrogens is 246 g/mol. The molecule has 19 heavy (non-hydrogen) atoms. The molecule has 0 aliphatic heterocycles. The highest BCUT2D eigenvalue weighted by atomic mass is 16.5. The molecule has 0 atom stereocenters. The molecule has 0 spiro atoms. The van der Waals surface area contributed by atoms with E-state index >= 15 is 0 Å². The number of nitrogens with two attached hydrogens (primary N) is 1. The zero-order valence-electron chi connectivity index (χ0n) is 10.8. The van der Waals surface area contributed by atoms with Gasteiger partial charge in [-0.05, 0) is 36.6 Å². The third kappa shape index (κ3) is 5.25. The number of benzene rings is 1. The van der Waals surface area contributed by atoms with Gasteiger partial charge < -0.3 is 15.6 Å². The number of aryl methyl sites for hydroxylation is 1. The molecule has 0 amide bonds. The van der Waals surface area contributed by atoms with E-state index in [1.54, 1.807) is 25.1 Å². The van der Waals surface area contributed by atoms with Crippen molar-refractivity contribution in [2.24, 2.45) is 0 Å². The lowest BCUT2D eigenvalue weighted by molar-refractivity contribution is -0.143. The first-order chi connectivity index (χ1) is 9.02. The Kier molecular flexibility index (Phi) is 5.60. The van der Waals surface area contributed by atoms with E-state index in [2.05, 4.69) is 0 Å². The minimum Gasteiger partial charge on any atom is -0.478 e. The average Bonchev–Trinajstić information content (AvgIpc) is 2.35. The summed E-state index contributed by atoms with van der Waals surface area (Å²) in [6.45, 7) is 2.13. The van der Waals surface area contributed by atoms with Crippen LogP contribution in [0.3, 0.4) is 0 Å². The molecule has 5 heteroatoms. The summed E-state index contributed by atoms with van der Waals surface area (Å²) in [7, 11) is 0. The number of hydrogen-bond donors (Lipinski definition) is 2. The van der Waals surface area contributed by atoms with Gasteiger partial charge in [0.05, 0.1) is 6.61 Å². The van der Waals surface area contributed by atoms with Crippen molar-refractivity contribution in [3.63, 3.8) is 0 Å². The van der Waals surface area contributed by atoms with Crippen molar-refractivity contribution in [1.29, 1.82) is 0 Å². The Labute approximate surface area is 111 Å². The number of hydrogen-bond acceptors (Lipinski definition) is 4. The Bertz CT molecular complexity index is 494. The Morgan fingerprint density at radius 2 is 2.16 bits per heavy atom. The van der Waals surface area contributed by atoms with Crippen molar-refractivity contribution >= 4 is 23.7 Å². The smallest absolute Gasteiger partial charge is 0.328 e. The summed E-state index contributed by atoms with van der Waals surface area (Å²) in [5.74, 6) is -1.26. The molecule has 1 aromatic carbocycles. The number of anilines is 1. The van der Waals surface area contributed by atoms with Crippen molar-refractivity contribution in [3.8, 4) is 0 Å². The molecular formula is C14H17NO4. The molecule has 1 rings (SSSR count). The van der Waals surface area contributed by atoms with Gasteiger partial charge in [-0.25, -0.2) is 4.79 Å². The predicted molar refractivity (Wildman–Crippen MR) is 72.5 cm³/mol. The fourth-order valence-electron chi connectivity index (χ4n) is 1.58. The van der Waals surface area contributed by atoms with Crippen molar-refractivity contribution < 1.29 is 19.4 Å². The monoisotopic (exact) mass is 263 g/mol. The van der Waals surface area contributed by atoms with Gasteiger partial charge in [0.15, 0.2) is 0 Å². The molecule has 0 unspecified atom stereocenters. The van der Waals surface area contributed by atoms with E-state index in [1.165, 1.54) is 6.08 Å². The summed E-state index contributed by atoms with van der Waals surface area (Å²) in [4.78, 5) is 21.6. The first-order valence-electron chi connectivity index (χ1n) is 5.98. The van der Waals surface area contributed by atoms with Crippen molar-refractivity contribution in [3.05, 3.63) is 35.4 Å². The van der Waals surface area contributed by atoms with Crippen LogP contribution in [0.2, 0.25) is 0 Å². The predicted octanol–water partition coefficient (Wildman–Crippen LogP) is 1.86. The number of rotatable bonds is 6. The molecule has 0 aliphatic rings. The van der Waals surface area contributed by atoms with Gasteiger partial charge in [0.2, 0.25) is 0 Å². The lowest BCUT2D eigenvalue weighted by Gasteiger charge is -2.06. The van der Waals surface area contributed by atoms with Gasteiger partial charge in [-0.1, -0.05) is 12.1 Å². The number of aliphatic carboxylic acids is 1. The second-order valence-corrected chi connectivity index (χ2v) is 3.93. The Morgan fingerprint density at radius 1 is 1.42 bits per heavy atom. The number of carboxylic acid groups (broad SMARTS) is 1. The minimum absolute atomic E-state index is 0.253. The van der Waals surface area contributed by atoms with Crippen molar-refractivity contribution in [2.45, 2.75) is 19.8 Å². The van der Waals surface area contributed by atoms with Crippen LogP contribution >= 0.6 is 0 Å². The van der Waals surface area contributed by atoms with Crippen LogP contribution in [0.15, 0.2) is 24.3 Å².